The summed E-state index contributed by atoms with van der Waals surface area (Å²) in [5.41, 5.74) is 2.71. The molecule has 84 valence electrons. The number of hydrogen-bond acceptors (Lipinski definition) is 0. The molecule has 16 heavy (non-hydrogen) atoms. The summed E-state index contributed by atoms with van der Waals surface area (Å²) >= 11 is 0. The Morgan fingerprint density at radius 3 is 1.88 bits per heavy atom. The Morgan fingerprint density at radius 2 is 1.31 bits per heavy atom. The first kappa shape index (κ1) is 13.2. The zero-order valence-electron chi connectivity index (χ0n) is 9.53. The third-order valence-electron chi connectivity index (χ3n) is 2.28. The van der Waals surface area contributed by atoms with Crippen LogP contribution in [0.1, 0.15) is 11.1 Å². The Kier molecular flexibility index (Phi) is 4.99. The molecule has 0 bridgehead atoms. The van der Waals surface area contributed by atoms with Crippen molar-refractivity contribution in [1.29, 1.82) is 0 Å². The Hall–Kier alpha value is -0.840. The van der Waals surface area contributed by atoms with Crippen molar-refractivity contribution in [3.63, 3.8) is 0 Å². The third kappa shape index (κ3) is 3.63. The van der Waals surface area contributed by atoms with Crippen LogP contribution in [0, 0.1) is 13.8 Å². The van der Waals surface area contributed by atoms with E-state index in [0.717, 1.165) is 8.58 Å². The Morgan fingerprint density at radius 1 is 0.750 bits per heavy atom. The highest BCUT2D eigenvalue weighted by atomic mass is 35.5. The zero-order valence-corrected chi connectivity index (χ0v) is 11.3. The molecule has 2 heteroatoms. The van der Waals surface area contributed by atoms with Crippen molar-refractivity contribution >= 4 is 31.6 Å². The lowest BCUT2D eigenvalue weighted by Gasteiger charge is -2.05. The van der Waals surface area contributed by atoms with Crippen molar-refractivity contribution in [2.24, 2.45) is 0 Å². The standard InChI is InChI=1S/C14H15P.ClH/c1-11-8-12(2)10-14(9-11)15-13-6-4-3-5-7-13;/h3-10,15H,1-2H3;1H. The zero-order chi connectivity index (χ0) is 10.7. The van der Waals surface area contributed by atoms with Crippen LogP contribution in [0.2, 0.25) is 0 Å². The molecule has 0 N–H and O–H groups in total. The van der Waals surface area contributed by atoms with Crippen LogP contribution in [0.5, 0.6) is 0 Å². The first-order valence-corrected chi connectivity index (χ1v) is 6.14. The van der Waals surface area contributed by atoms with E-state index < -0.39 is 0 Å². The van der Waals surface area contributed by atoms with E-state index in [1.165, 1.54) is 21.7 Å². The van der Waals surface area contributed by atoms with E-state index in [2.05, 4.69) is 62.4 Å². The van der Waals surface area contributed by atoms with Gasteiger partial charge >= 0.3 is 0 Å². The molecule has 0 saturated heterocycles. The largest absolute Gasteiger partial charge is 0.147 e. The molecule has 0 radical (unpaired) electrons. The lowest BCUT2D eigenvalue weighted by atomic mass is 10.2. The molecule has 0 aliphatic rings. The Bertz CT molecular complexity index is 431. The van der Waals surface area contributed by atoms with Gasteiger partial charge < -0.3 is 0 Å². The number of halogens is 1. The third-order valence-corrected chi connectivity index (χ3v) is 3.48. The lowest BCUT2D eigenvalue weighted by molar-refractivity contribution is 1.41. The second-order valence-corrected chi connectivity index (χ2v) is 5.27. The fourth-order valence-corrected chi connectivity index (χ4v) is 3.03. The second-order valence-electron chi connectivity index (χ2n) is 3.87. The van der Waals surface area contributed by atoms with Gasteiger partial charge in [-0.2, -0.15) is 0 Å². The minimum atomic E-state index is 0. The van der Waals surface area contributed by atoms with Crippen LogP contribution in [-0.4, -0.2) is 0 Å². The summed E-state index contributed by atoms with van der Waals surface area (Å²) in [6.07, 6.45) is 0. The topological polar surface area (TPSA) is 0 Å². The summed E-state index contributed by atoms with van der Waals surface area (Å²) in [6.45, 7) is 4.32. The van der Waals surface area contributed by atoms with Crippen LogP contribution in [0.25, 0.3) is 0 Å². The van der Waals surface area contributed by atoms with E-state index in [9.17, 15) is 0 Å². The van der Waals surface area contributed by atoms with Crippen LogP contribution in [0.3, 0.4) is 0 Å². The quantitative estimate of drug-likeness (QED) is 0.717. The Balaban J connectivity index is 0.00000128. The predicted octanol–water partition coefficient (Wildman–Crippen LogP) is 3.35. The van der Waals surface area contributed by atoms with Gasteiger partial charge in [0.2, 0.25) is 0 Å². The molecule has 0 nitrogen and oxygen atoms in total. The van der Waals surface area contributed by atoms with Gasteiger partial charge in [-0.25, -0.2) is 0 Å². The van der Waals surface area contributed by atoms with Gasteiger partial charge in [0.05, 0.1) is 0 Å². The molecule has 0 fully saturated rings. The first-order chi connectivity index (χ1) is 7.24. The fourth-order valence-electron chi connectivity index (χ4n) is 1.74. The minimum Gasteiger partial charge on any atom is -0.147 e. The maximum absolute atomic E-state index is 2.28. The van der Waals surface area contributed by atoms with Crippen LogP contribution < -0.4 is 10.6 Å². The van der Waals surface area contributed by atoms with Gasteiger partial charge in [0.25, 0.3) is 0 Å². The smallest absolute Gasteiger partial charge is 0.0221 e. The van der Waals surface area contributed by atoms with Crippen molar-refractivity contribution in [1.82, 2.24) is 0 Å². The maximum Gasteiger partial charge on any atom is -0.0221 e. The summed E-state index contributed by atoms with van der Waals surface area (Å²) in [7, 11) is 0.770. The number of aryl methyl sites for hydroxylation is 2. The summed E-state index contributed by atoms with van der Waals surface area (Å²) < 4.78 is 0. The van der Waals surface area contributed by atoms with Crippen molar-refractivity contribution in [2.75, 3.05) is 0 Å². The van der Waals surface area contributed by atoms with Gasteiger partial charge in [-0.05, 0) is 24.5 Å². The van der Waals surface area contributed by atoms with Gasteiger partial charge in [-0.3, -0.25) is 0 Å². The minimum absolute atomic E-state index is 0. The maximum atomic E-state index is 2.28. The van der Waals surface area contributed by atoms with Crippen molar-refractivity contribution < 1.29 is 0 Å². The fraction of sp³-hybridized carbons (Fsp3) is 0.143. The van der Waals surface area contributed by atoms with E-state index in [0.29, 0.717) is 0 Å². The summed E-state index contributed by atoms with van der Waals surface area (Å²) in [4.78, 5) is 0. The van der Waals surface area contributed by atoms with Crippen molar-refractivity contribution in [3.8, 4) is 0 Å². The molecule has 0 aliphatic carbocycles. The molecular formula is C14H16ClP. The predicted molar refractivity (Wildman–Crippen MR) is 77.2 cm³/mol. The normalized spacial score (nSPS) is 10.4. The molecule has 1 atom stereocenters. The van der Waals surface area contributed by atoms with Crippen molar-refractivity contribution in [3.05, 3.63) is 59.7 Å². The molecule has 2 aromatic rings. The molecule has 0 amide bonds. The molecule has 0 spiro atoms. The monoisotopic (exact) mass is 250 g/mol. The molecule has 0 saturated carbocycles. The molecule has 0 aromatic heterocycles. The van der Waals surface area contributed by atoms with E-state index in [1.807, 2.05) is 0 Å². The molecule has 1 unspecified atom stereocenters. The van der Waals surface area contributed by atoms with Crippen molar-refractivity contribution in [2.45, 2.75) is 13.8 Å². The molecule has 0 heterocycles. The lowest BCUT2D eigenvalue weighted by Crippen LogP contribution is -2.03. The summed E-state index contributed by atoms with van der Waals surface area (Å²) in [6, 6.07) is 17.4. The second kappa shape index (κ2) is 6.03. The van der Waals surface area contributed by atoms with E-state index in [1.54, 1.807) is 0 Å². The van der Waals surface area contributed by atoms with Gasteiger partial charge in [-0.15, -0.1) is 12.4 Å². The van der Waals surface area contributed by atoms with Gasteiger partial charge in [0, 0.05) is 0 Å². The highest BCUT2D eigenvalue weighted by Crippen LogP contribution is 2.12. The molecule has 2 rings (SSSR count). The highest BCUT2D eigenvalue weighted by Gasteiger charge is 1.97. The van der Waals surface area contributed by atoms with E-state index in [-0.39, 0.29) is 12.4 Å². The SMILES string of the molecule is Cc1cc(C)cc(Pc2ccccc2)c1.Cl. The van der Waals surface area contributed by atoms with Gasteiger partial charge in [0.15, 0.2) is 0 Å². The first-order valence-electron chi connectivity index (χ1n) is 5.14. The average Bonchev–Trinajstić information content (AvgIpc) is 2.17. The van der Waals surface area contributed by atoms with Crippen LogP contribution in [-0.2, 0) is 0 Å². The highest BCUT2D eigenvalue weighted by molar-refractivity contribution is 7.55. The van der Waals surface area contributed by atoms with Gasteiger partial charge in [0.1, 0.15) is 0 Å². The van der Waals surface area contributed by atoms with Gasteiger partial charge in [-0.1, -0.05) is 68.2 Å². The summed E-state index contributed by atoms with van der Waals surface area (Å²) in [5, 5.41) is 2.83. The Labute approximate surface area is 105 Å². The number of benzene rings is 2. The van der Waals surface area contributed by atoms with Crippen LogP contribution in [0.15, 0.2) is 48.5 Å². The van der Waals surface area contributed by atoms with Crippen LogP contribution >= 0.6 is 21.0 Å². The van der Waals surface area contributed by atoms with E-state index >= 15 is 0 Å². The number of rotatable bonds is 2. The average molecular weight is 251 g/mol. The summed E-state index contributed by atoms with van der Waals surface area (Å²) in [5.74, 6) is 0. The van der Waals surface area contributed by atoms with Crippen LogP contribution in [0.4, 0.5) is 0 Å². The molecule has 0 aliphatic heterocycles. The van der Waals surface area contributed by atoms with E-state index in [4.69, 9.17) is 0 Å². The molecule has 2 aromatic carbocycles. The molecular weight excluding hydrogens is 235 g/mol. The number of hydrogen-bond donors (Lipinski definition) is 0.